The monoisotopic (exact) mass is 336 g/mol. The van der Waals surface area contributed by atoms with E-state index in [-0.39, 0.29) is 5.91 Å². The maximum atomic E-state index is 12.4. The zero-order valence-electron chi connectivity index (χ0n) is 12.8. The van der Waals surface area contributed by atoms with E-state index < -0.39 is 0 Å². The lowest BCUT2D eigenvalue weighted by Gasteiger charge is -2.34. The lowest BCUT2D eigenvalue weighted by molar-refractivity contribution is -0.130. The molecule has 0 aliphatic carbocycles. The van der Waals surface area contributed by atoms with Crippen LogP contribution in [0.2, 0.25) is 0 Å². The summed E-state index contributed by atoms with van der Waals surface area (Å²) in [6.45, 7) is 6.13. The molecule has 0 radical (unpaired) electrons. The van der Waals surface area contributed by atoms with Gasteiger partial charge in [0.1, 0.15) is 10.6 Å². The Bertz CT molecular complexity index is 677. The van der Waals surface area contributed by atoms with Crippen molar-refractivity contribution < 1.29 is 4.79 Å². The average Bonchev–Trinajstić information content (AvgIpc) is 2.92. The van der Waals surface area contributed by atoms with Crippen molar-refractivity contribution in [2.45, 2.75) is 25.4 Å². The predicted molar refractivity (Wildman–Crippen MR) is 92.1 cm³/mol. The van der Waals surface area contributed by atoms with Gasteiger partial charge in [0.15, 0.2) is 5.16 Å². The first kappa shape index (κ1) is 15.6. The summed E-state index contributed by atoms with van der Waals surface area (Å²) in [6.07, 6.45) is 1.20. The lowest BCUT2D eigenvalue weighted by Crippen LogP contribution is -2.43. The number of rotatable bonds is 3. The van der Waals surface area contributed by atoms with Gasteiger partial charge < -0.3 is 10.6 Å². The highest BCUT2D eigenvalue weighted by Crippen LogP contribution is 2.27. The van der Waals surface area contributed by atoms with Gasteiger partial charge >= 0.3 is 0 Å². The summed E-state index contributed by atoms with van der Waals surface area (Å²) >= 11 is 2.91. The molecular weight excluding hydrogens is 316 g/mol. The van der Waals surface area contributed by atoms with E-state index in [1.807, 2.05) is 16.3 Å². The Balaban J connectivity index is 1.64. The van der Waals surface area contributed by atoms with Crippen molar-refractivity contribution in [3.8, 4) is 0 Å². The molecule has 5 nitrogen and oxygen atoms in total. The number of carbonyl (C=O) groups excluding carboxylic acids is 1. The normalized spacial score (nSPS) is 22.2. The number of piperidine rings is 1. The summed E-state index contributed by atoms with van der Waals surface area (Å²) in [7, 11) is 0. The van der Waals surface area contributed by atoms with Crippen LogP contribution in [0.5, 0.6) is 0 Å². The van der Waals surface area contributed by atoms with Gasteiger partial charge in [0, 0.05) is 13.1 Å². The first-order chi connectivity index (χ1) is 10.5. The highest BCUT2D eigenvalue weighted by atomic mass is 32.2. The number of hydrogen-bond donors (Lipinski definition) is 1. The third kappa shape index (κ3) is 3.35. The number of likely N-dealkylation sites (tertiary alicyclic amines) is 1. The highest BCUT2D eigenvalue weighted by Gasteiger charge is 2.25. The molecule has 2 aromatic heterocycles. The van der Waals surface area contributed by atoms with Crippen LogP contribution in [0, 0.1) is 11.8 Å². The summed E-state index contributed by atoms with van der Waals surface area (Å²) in [6, 6.07) is 1.92. The standard InChI is InChI=1S/C15H20N4OS2/c1-9-5-10(2)7-19(6-9)12(20)8-22-15-17-13(16)11-3-4-21-14(11)18-15/h3-4,9-10H,5-8H2,1-2H3,(H2,16,17,18)/t9-,10-/m1/s1. The van der Waals surface area contributed by atoms with Gasteiger partial charge in [0.25, 0.3) is 0 Å². The summed E-state index contributed by atoms with van der Waals surface area (Å²) < 4.78 is 0. The zero-order chi connectivity index (χ0) is 15.7. The smallest absolute Gasteiger partial charge is 0.233 e. The van der Waals surface area contributed by atoms with Crippen molar-refractivity contribution in [2.24, 2.45) is 11.8 Å². The van der Waals surface area contributed by atoms with Gasteiger partial charge in [-0.15, -0.1) is 11.3 Å². The minimum Gasteiger partial charge on any atom is -0.383 e. The van der Waals surface area contributed by atoms with Gasteiger partial charge in [-0.05, 0) is 29.7 Å². The van der Waals surface area contributed by atoms with E-state index in [4.69, 9.17) is 5.73 Å². The Morgan fingerprint density at radius 3 is 2.86 bits per heavy atom. The van der Waals surface area contributed by atoms with Crippen LogP contribution in [0.15, 0.2) is 16.6 Å². The first-order valence-electron chi connectivity index (χ1n) is 7.44. The largest absolute Gasteiger partial charge is 0.383 e. The second-order valence-electron chi connectivity index (χ2n) is 6.06. The van der Waals surface area contributed by atoms with Gasteiger partial charge in [0.2, 0.25) is 5.91 Å². The number of hydrogen-bond acceptors (Lipinski definition) is 6. The zero-order valence-corrected chi connectivity index (χ0v) is 14.4. The Morgan fingerprint density at radius 1 is 1.41 bits per heavy atom. The molecular formula is C15H20N4OS2. The Kier molecular flexibility index (Phi) is 4.54. The number of anilines is 1. The quantitative estimate of drug-likeness (QED) is 0.689. The number of fused-ring (bicyclic) bond motifs is 1. The maximum Gasteiger partial charge on any atom is 0.233 e. The molecule has 1 aliphatic rings. The molecule has 2 atom stereocenters. The van der Waals surface area contributed by atoms with Crippen LogP contribution in [0.25, 0.3) is 10.2 Å². The van der Waals surface area contributed by atoms with Gasteiger partial charge in [-0.3, -0.25) is 4.79 Å². The number of thioether (sulfide) groups is 1. The number of nitrogens with zero attached hydrogens (tertiary/aromatic N) is 3. The third-order valence-corrected chi connectivity index (χ3v) is 5.52. The van der Waals surface area contributed by atoms with Crippen LogP contribution < -0.4 is 5.73 Å². The topological polar surface area (TPSA) is 72.1 Å². The van der Waals surface area contributed by atoms with Crippen molar-refractivity contribution in [1.29, 1.82) is 0 Å². The fourth-order valence-electron chi connectivity index (χ4n) is 3.01. The molecule has 1 saturated heterocycles. The van der Waals surface area contributed by atoms with Gasteiger partial charge in [0.05, 0.1) is 11.1 Å². The number of thiophene rings is 1. The van der Waals surface area contributed by atoms with E-state index in [9.17, 15) is 4.79 Å². The van der Waals surface area contributed by atoms with Crippen molar-refractivity contribution >= 4 is 45.0 Å². The van der Waals surface area contributed by atoms with E-state index in [0.29, 0.717) is 28.6 Å². The van der Waals surface area contributed by atoms with Gasteiger partial charge in [-0.1, -0.05) is 25.6 Å². The third-order valence-electron chi connectivity index (χ3n) is 3.88. The molecule has 1 aliphatic heterocycles. The molecule has 0 saturated carbocycles. The summed E-state index contributed by atoms with van der Waals surface area (Å²) in [4.78, 5) is 24.0. The molecule has 3 rings (SSSR count). The van der Waals surface area contributed by atoms with Gasteiger partial charge in [-0.2, -0.15) is 0 Å². The fraction of sp³-hybridized carbons (Fsp3) is 0.533. The Hall–Kier alpha value is -1.34. The first-order valence-corrected chi connectivity index (χ1v) is 9.30. The van der Waals surface area contributed by atoms with Crippen LogP contribution >= 0.6 is 23.1 Å². The van der Waals surface area contributed by atoms with Crippen LogP contribution in [0.4, 0.5) is 5.82 Å². The molecule has 2 N–H and O–H groups in total. The van der Waals surface area contributed by atoms with Crippen molar-refractivity contribution in [3.63, 3.8) is 0 Å². The van der Waals surface area contributed by atoms with E-state index in [1.165, 1.54) is 29.5 Å². The molecule has 0 unspecified atom stereocenters. The molecule has 1 fully saturated rings. The number of aromatic nitrogens is 2. The van der Waals surface area contributed by atoms with Crippen LogP contribution in [0.3, 0.4) is 0 Å². The number of nitrogen functional groups attached to an aromatic ring is 1. The summed E-state index contributed by atoms with van der Waals surface area (Å²) in [5, 5.41) is 3.42. The van der Waals surface area contributed by atoms with E-state index in [2.05, 4.69) is 23.8 Å². The molecule has 3 heterocycles. The average molecular weight is 336 g/mol. The highest BCUT2D eigenvalue weighted by molar-refractivity contribution is 7.99. The van der Waals surface area contributed by atoms with Crippen molar-refractivity contribution in [2.75, 3.05) is 24.6 Å². The molecule has 22 heavy (non-hydrogen) atoms. The Labute approximate surface area is 138 Å². The minimum atomic E-state index is 0.164. The lowest BCUT2D eigenvalue weighted by atomic mass is 9.92. The molecule has 2 aromatic rings. The number of amides is 1. The van der Waals surface area contributed by atoms with Crippen LogP contribution in [-0.2, 0) is 4.79 Å². The number of nitrogens with two attached hydrogens (primary N) is 1. The number of carbonyl (C=O) groups is 1. The second-order valence-corrected chi connectivity index (χ2v) is 7.90. The van der Waals surface area contributed by atoms with E-state index >= 15 is 0 Å². The molecule has 7 heteroatoms. The van der Waals surface area contributed by atoms with Gasteiger partial charge in [-0.25, -0.2) is 9.97 Å². The second kappa shape index (κ2) is 6.42. The molecule has 1 amide bonds. The van der Waals surface area contributed by atoms with Crippen LogP contribution in [-0.4, -0.2) is 39.6 Å². The molecule has 0 spiro atoms. The fourth-order valence-corrected chi connectivity index (χ4v) is 4.59. The molecule has 0 bridgehead atoms. The SMILES string of the molecule is C[C@@H]1C[C@@H](C)CN(C(=O)CSc2nc(N)c3ccsc3n2)C1. The summed E-state index contributed by atoms with van der Waals surface area (Å²) in [5.74, 6) is 2.17. The summed E-state index contributed by atoms with van der Waals surface area (Å²) in [5.41, 5.74) is 5.93. The predicted octanol–water partition coefficient (Wildman–Crippen LogP) is 2.87. The van der Waals surface area contributed by atoms with E-state index in [0.717, 1.165) is 23.3 Å². The van der Waals surface area contributed by atoms with Crippen molar-refractivity contribution in [1.82, 2.24) is 14.9 Å². The van der Waals surface area contributed by atoms with Crippen molar-refractivity contribution in [3.05, 3.63) is 11.4 Å². The molecule has 0 aromatic carbocycles. The Morgan fingerprint density at radius 2 is 2.14 bits per heavy atom. The molecule has 118 valence electrons. The van der Waals surface area contributed by atoms with Crippen LogP contribution in [0.1, 0.15) is 20.3 Å². The maximum absolute atomic E-state index is 12.4. The minimum absolute atomic E-state index is 0.164. The van der Waals surface area contributed by atoms with E-state index in [1.54, 1.807) is 0 Å².